The summed E-state index contributed by atoms with van der Waals surface area (Å²) in [5.41, 5.74) is 3.17. The fourth-order valence-electron chi connectivity index (χ4n) is 4.83. The SMILES string of the molecule is COc1ccc(-n2nc(C(C)(C)C)c3c2N(CC(=O)NCC(C)C)C(=O)CS[C@H]3c2ccc3c(c2)OCO3)cc1. The number of hydrogen-bond donors (Lipinski definition) is 1. The van der Waals surface area contributed by atoms with Crippen molar-refractivity contribution in [3.05, 3.63) is 59.3 Å². The number of nitrogens with one attached hydrogen (secondary N) is 1. The predicted molar refractivity (Wildman–Crippen MR) is 156 cm³/mol. The molecule has 0 fully saturated rings. The lowest BCUT2D eigenvalue weighted by atomic mass is 9.87. The largest absolute Gasteiger partial charge is 0.497 e. The van der Waals surface area contributed by atoms with Gasteiger partial charge in [-0.1, -0.05) is 40.7 Å². The molecular formula is C30H36N4O5S. The summed E-state index contributed by atoms with van der Waals surface area (Å²) in [6.07, 6.45) is 0. The molecule has 0 aliphatic carbocycles. The van der Waals surface area contributed by atoms with Crippen LogP contribution in [0, 0.1) is 5.92 Å². The summed E-state index contributed by atoms with van der Waals surface area (Å²) >= 11 is 1.53. The molecule has 212 valence electrons. The molecule has 40 heavy (non-hydrogen) atoms. The molecule has 2 aliphatic rings. The summed E-state index contributed by atoms with van der Waals surface area (Å²) in [4.78, 5) is 28.5. The first-order valence-corrected chi connectivity index (χ1v) is 14.5. The fraction of sp³-hybridized carbons (Fsp3) is 0.433. The number of thioether (sulfide) groups is 1. The van der Waals surface area contributed by atoms with E-state index in [1.54, 1.807) is 16.7 Å². The maximum Gasteiger partial charge on any atom is 0.240 e. The smallest absolute Gasteiger partial charge is 0.240 e. The van der Waals surface area contributed by atoms with Crippen molar-refractivity contribution in [2.24, 2.45) is 5.92 Å². The minimum Gasteiger partial charge on any atom is -0.497 e. The highest BCUT2D eigenvalue weighted by Gasteiger charge is 2.40. The number of amides is 2. The molecule has 1 atom stereocenters. The van der Waals surface area contributed by atoms with Gasteiger partial charge in [-0.2, -0.15) is 5.10 Å². The Hall–Kier alpha value is -3.66. The van der Waals surface area contributed by atoms with E-state index in [-0.39, 0.29) is 41.6 Å². The monoisotopic (exact) mass is 564 g/mol. The zero-order valence-corrected chi connectivity index (χ0v) is 24.6. The Bertz CT molecular complexity index is 1410. The molecule has 2 aromatic carbocycles. The quantitative estimate of drug-likeness (QED) is 0.439. The molecule has 0 radical (unpaired) electrons. The van der Waals surface area contributed by atoms with Crippen molar-refractivity contribution in [1.82, 2.24) is 15.1 Å². The lowest BCUT2D eigenvalue weighted by molar-refractivity contribution is -0.123. The first-order chi connectivity index (χ1) is 19.1. The van der Waals surface area contributed by atoms with Gasteiger partial charge in [0.25, 0.3) is 0 Å². The van der Waals surface area contributed by atoms with Gasteiger partial charge >= 0.3 is 0 Å². The van der Waals surface area contributed by atoms with E-state index in [9.17, 15) is 9.59 Å². The van der Waals surface area contributed by atoms with Gasteiger partial charge in [0.1, 0.15) is 18.1 Å². The average molecular weight is 565 g/mol. The molecule has 0 saturated carbocycles. The number of fused-ring (bicyclic) bond motifs is 2. The van der Waals surface area contributed by atoms with Crippen LogP contribution < -0.4 is 24.4 Å². The highest BCUT2D eigenvalue weighted by atomic mass is 32.2. The van der Waals surface area contributed by atoms with Crippen LogP contribution in [0.2, 0.25) is 0 Å². The Morgan fingerprint density at radius 1 is 1.15 bits per heavy atom. The summed E-state index contributed by atoms with van der Waals surface area (Å²) in [6, 6.07) is 13.5. The molecule has 1 N–H and O–H groups in total. The molecule has 0 bridgehead atoms. The van der Waals surface area contributed by atoms with Crippen molar-refractivity contribution < 1.29 is 23.8 Å². The van der Waals surface area contributed by atoms with Crippen LogP contribution >= 0.6 is 11.8 Å². The van der Waals surface area contributed by atoms with Gasteiger partial charge in [0.15, 0.2) is 11.5 Å². The first-order valence-electron chi connectivity index (χ1n) is 13.4. The molecule has 3 heterocycles. The maximum absolute atomic E-state index is 13.8. The molecule has 10 heteroatoms. The molecule has 0 spiro atoms. The number of carbonyl (C=O) groups excluding carboxylic acids is 2. The summed E-state index contributed by atoms with van der Waals surface area (Å²) in [7, 11) is 1.62. The molecule has 0 saturated heterocycles. The second-order valence-electron chi connectivity index (χ2n) is 11.4. The number of anilines is 1. The van der Waals surface area contributed by atoms with Crippen LogP contribution in [0.25, 0.3) is 5.69 Å². The second-order valence-corrected chi connectivity index (χ2v) is 12.5. The van der Waals surface area contributed by atoms with Crippen molar-refractivity contribution in [2.45, 2.75) is 45.3 Å². The lowest BCUT2D eigenvalue weighted by Gasteiger charge is -2.24. The van der Waals surface area contributed by atoms with E-state index < -0.39 is 0 Å². The Labute approximate surface area is 239 Å². The predicted octanol–water partition coefficient (Wildman–Crippen LogP) is 4.85. The molecule has 3 aromatic rings. The van der Waals surface area contributed by atoms with Gasteiger partial charge in [0.2, 0.25) is 18.6 Å². The number of aromatic nitrogens is 2. The lowest BCUT2D eigenvalue weighted by Crippen LogP contribution is -2.43. The van der Waals surface area contributed by atoms with E-state index in [2.05, 4.69) is 26.1 Å². The minimum atomic E-state index is -0.351. The van der Waals surface area contributed by atoms with Gasteiger partial charge in [-0.3, -0.25) is 14.5 Å². The van der Waals surface area contributed by atoms with Gasteiger partial charge in [-0.15, -0.1) is 11.8 Å². The van der Waals surface area contributed by atoms with Crippen molar-refractivity contribution in [3.8, 4) is 22.9 Å². The average Bonchev–Trinajstić information content (AvgIpc) is 3.52. The Morgan fingerprint density at radius 3 is 2.55 bits per heavy atom. The summed E-state index contributed by atoms with van der Waals surface area (Å²) in [5.74, 6) is 2.84. The normalized spacial score (nSPS) is 16.6. The van der Waals surface area contributed by atoms with E-state index in [4.69, 9.17) is 19.3 Å². The van der Waals surface area contributed by atoms with Crippen LogP contribution in [0.15, 0.2) is 42.5 Å². The molecular weight excluding hydrogens is 528 g/mol. The van der Waals surface area contributed by atoms with Gasteiger partial charge < -0.3 is 19.5 Å². The number of rotatable bonds is 7. The molecule has 9 nitrogen and oxygen atoms in total. The molecule has 2 amide bonds. The molecule has 0 unspecified atom stereocenters. The Balaban J connectivity index is 1.71. The van der Waals surface area contributed by atoms with E-state index in [1.165, 1.54) is 11.8 Å². The third-order valence-electron chi connectivity index (χ3n) is 6.83. The van der Waals surface area contributed by atoms with Crippen molar-refractivity contribution in [3.63, 3.8) is 0 Å². The topological polar surface area (TPSA) is 94.9 Å². The van der Waals surface area contributed by atoms with Crippen molar-refractivity contribution >= 4 is 29.4 Å². The van der Waals surface area contributed by atoms with Crippen LogP contribution in [0.1, 0.15) is 56.7 Å². The van der Waals surface area contributed by atoms with E-state index in [0.29, 0.717) is 35.5 Å². The zero-order valence-electron chi connectivity index (χ0n) is 23.8. The van der Waals surface area contributed by atoms with Crippen LogP contribution in [0.3, 0.4) is 0 Å². The van der Waals surface area contributed by atoms with Crippen LogP contribution in [-0.2, 0) is 15.0 Å². The van der Waals surface area contributed by atoms with Crippen molar-refractivity contribution in [2.75, 3.05) is 37.6 Å². The summed E-state index contributed by atoms with van der Waals surface area (Å²) in [5, 5.41) is 7.87. The summed E-state index contributed by atoms with van der Waals surface area (Å²) in [6.45, 7) is 11.0. The van der Waals surface area contributed by atoms with Gasteiger partial charge in [-0.25, -0.2) is 4.68 Å². The number of nitrogens with zero attached hydrogens (tertiary/aromatic N) is 3. The van der Waals surface area contributed by atoms with E-state index >= 15 is 0 Å². The summed E-state index contributed by atoms with van der Waals surface area (Å²) < 4.78 is 18.4. The highest BCUT2D eigenvalue weighted by Crippen LogP contribution is 2.49. The van der Waals surface area contributed by atoms with Gasteiger partial charge in [0.05, 0.1) is 29.5 Å². The minimum absolute atomic E-state index is 0.0988. The van der Waals surface area contributed by atoms with E-state index in [1.807, 2.05) is 56.3 Å². The maximum atomic E-state index is 13.8. The van der Waals surface area contributed by atoms with E-state index in [0.717, 1.165) is 22.5 Å². The second kappa shape index (κ2) is 11.1. The molecule has 1 aromatic heterocycles. The third kappa shape index (κ3) is 5.50. The first kappa shape index (κ1) is 27.9. The van der Waals surface area contributed by atoms with Crippen LogP contribution in [-0.4, -0.2) is 54.3 Å². The van der Waals surface area contributed by atoms with Crippen LogP contribution in [0.4, 0.5) is 5.82 Å². The number of ether oxygens (including phenoxy) is 3. The zero-order chi connectivity index (χ0) is 28.6. The number of methoxy groups -OCH3 is 1. The molecule has 2 aliphatic heterocycles. The third-order valence-corrected chi connectivity index (χ3v) is 8.08. The number of benzene rings is 2. The van der Waals surface area contributed by atoms with Crippen LogP contribution in [0.5, 0.6) is 17.2 Å². The number of carbonyl (C=O) groups is 2. The van der Waals surface area contributed by atoms with Gasteiger partial charge in [-0.05, 0) is 47.9 Å². The number of hydrogen-bond acceptors (Lipinski definition) is 7. The fourth-order valence-corrected chi connectivity index (χ4v) is 6.02. The van der Waals surface area contributed by atoms with Gasteiger partial charge in [0, 0.05) is 17.5 Å². The molecule has 5 rings (SSSR count). The standard InChI is InChI=1S/C30H36N4O5S/c1-18(2)14-31-24(35)15-33-25(36)16-40-27(19-7-12-22-23(13-19)39-17-38-22)26-28(30(3,4)5)32-34(29(26)33)20-8-10-21(37-6)11-9-20/h7-13,18,27H,14-17H2,1-6H3,(H,31,35)/t27-/m0/s1. The van der Waals surface area contributed by atoms with Crippen molar-refractivity contribution in [1.29, 1.82) is 0 Å². The Kier molecular flexibility index (Phi) is 7.72. The Morgan fingerprint density at radius 2 is 1.88 bits per heavy atom. The highest BCUT2D eigenvalue weighted by molar-refractivity contribution is 8.00.